The third-order valence-corrected chi connectivity index (χ3v) is 10.3. The van der Waals surface area contributed by atoms with Crippen molar-refractivity contribution in [2.45, 2.75) is 130 Å². The molecule has 0 bridgehead atoms. The molecule has 1 saturated carbocycles. The molecule has 3 aliphatic rings. The summed E-state index contributed by atoms with van der Waals surface area (Å²) < 4.78 is 19.4. The van der Waals surface area contributed by atoms with E-state index in [9.17, 15) is 23.6 Å². The number of hydrogen-bond donors (Lipinski definition) is 2. The summed E-state index contributed by atoms with van der Waals surface area (Å²) in [5.74, 6) is -0.155. The summed E-state index contributed by atoms with van der Waals surface area (Å²) in [5, 5.41) is 6.27. The molecule has 3 fully saturated rings. The number of rotatable bonds is 7. The summed E-state index contributed by atoms with van der Waals surface area (Å²) in [5.41, 5.74) is -0.793. The van der Waals surface area contributed by atoms with Crippen molar-refractivity contribution < 1.29 is 28.3 Å². The summed E-state index contributed by atoms with van der Waals surface area (Å²) in [4.78, 5) is 60.2. The summed E-state index contributed by atoms with van der Waals surface area (Å²) in [6.07, 6.45) is 6.42. The van der Waals surface area contributed by atoms with Crippen LogP contribution in [0, 0.1) is 23.1 Å². The number of piperazine rings is 1. The van der Waals surface area contributed by atoms with Gasteiger partial charge in [0, 0.05) is 44.7 Å². The van der Waals surface area contributed by atoms with Crippen LogP contribution in [0.4, 0.5) is 14.0 Å². The molecule has 2 aliphatic heterocycles. The highest BCUT2D eigenvalue weighted by Gasteiger charge is 2.49. The van der Waals surface area contributed by atoms with E-state index in [4.69, 9.17) is 4.74 Å². The van der Waals surface area contributed by atoms with E-state index < -0.39 is 23.2 Å². The second-order valence-electron chi connectivity index (χ2n) is 16.8. The van der Waals surface area contributed by atoms with Gasteiger partial charge in [-0.15, -0.1) is 0 Å². The summed E-state index contributed by atoms with van der Waals surface area (Å²) >= 11 is 0. The monoisotopic (exact) mass is 685 g/mol. The van der Waals surface area contributed by atoms with E-state index in [0.29, 0.717) is 45.6 Å². The van der Waals surface area contributed by atoms with Gasteiger partial charge in [0.2, 0.25) is 11.8 Å². The Kier molecular flexibility index (Phi) is 12.3. The van der Waals surface area contributed by atoms with Crippen LogP contribution in [0.2, 0.25) is 0 Å². The van der Waals surface area contributed by atoms with Crippen LogP contribution in [0.5, 0.6) is 0 Å². The third-order valence-electron chi connectivity index (χ3n) is 10.3. The minimum Gasteiger partial charge on any atom is -0.444 e. The number of piperidine rings is 1. The predicted octanol–water partition coefficient (Wildman–Crippen LogP) is 6.13. The molecule has 1 aromatic carbocycles. The number of carbonyl (C=O) groups is 4. The lowest BCUT2D eigenvalue weighted by molar-refractivity contribution is -0.147. The standard InChI is InChI=1S/C38H60FN5O5/c1-26(2)31-25-43(22-23-44(31)35(48)49-37(6,7)8)34(47)40-30(24-27-14-16-29(39)17-15-27)32(45)42-20-18-38(19-21-42,28-12-10-9-11-13-28)33(46)41-36(3,4)5/h14-17,26,28,30-31H,9-13,18-25H2,1-8H3,(H,40,47)(H,41,46)/t30?,31-/m0/s1. The van der Waals surface area contributed by atoms with Gasteiger partial charge in [0.1, 0.15) is 17.5 Å². The number of nitrogens with one attached hydrogen (secondary N) is 2. The Morgan fingerprint density at radius 1 is 0.898 bits per heavy atom. The maximum atomic E-state index is 14.3. The van der Waals surface area contributed by atoms with Crippen molar-refractivity contribution >= 4 is 23.9 Å². The fourth-order valence-corrected chi connectivity index (χ4v) is 7.70. The van der Waals surface area contributed by atoms with Gasteiger partial charge < -0.3 is 30.1 Å². The van der Waals surface area contributed by atoms with Gasteiger partial charge >= 0.3 is 12.1 Å². The second-order valence-corrected chi connectivity index (χ2v) is 16.8. The molecule has 2 atom stereocenters. The van der Waals surface area contributed by atoms with Crippen LogP contribution in [0.3, 0.4) is 0 Å². The molecule has 0 radical (unpaired) electrons. The lowest BCUT2D eigenvalue weighted by atomic mass is 9.63. The Hall–Kier alpha value is -3.37. The average Bonchev–Trinajstić information content (AvgIpc) is 3.03. The molecule has 0 aromatic heterocycles. The molecule has 1 unspecified atom stereocenters. The van der Waals surface area contributed by atoms with Gasteiger partial charge in [-0.05, 0) is 96.8 Å². The Balaban J connectivity index is 1.50. The van der Waals surface area contributed by atoms with Gasteiger partial charge in [-0.25, -0.2) is 14.0 Å². The van der Waals surface area contributed by atoms with E-state index >= 15 is 0 Å². The molecule has 49 heavy (non-hydrogen) atoms. The molecule has 2 N–H and O–H groups in total. The molecule has 274 valence electrons. The van der Waals surface area contributed by atoms with E-state index in [0.717, 1.165) is 31.2 Å². The number of ether oxygens (including phenoxy) is 1. The molecule has 1 aliphatic carbocycles. The number of hydrogen-bond acceptors (Lipinski definition) is 5. The fourth-order valence-electron chi connectivity index (χ4n) is 7.70. The van der Waals surface area contributed by atoms with Gasteiger partial charge in [-0.1, -0.05) is 45.2 Å². The maximum Gasteiger partial charge on any atom is 0.410 e. The van der Waals surface area contributed by atoms with Crippen molar-refractivity contribution in [1.29, 1.82) is 0 Å². The number of amides is 5. The van der Waals surface area contributed by atoms with E-state index in [-0.39, 0.29) is 53.5 Å². The zero-order valence-corrected chi connectivity index (χ0v) is 31.1. The molecule has 11 heteroatoms. The molecule has 2 heterocycles. The van der Waals surface area contributed by atoms with Crippen LogP contribution >= 0.6 is 0 Å². The van der Waals surface area contributed by atoms with Crippen LogP contribution in [0.1, 0.15) is 106 Å². The van der Waals surface area contributed by atoms with Gasteiger partial charge in [0.25, 0.3) is 0 Å². The summed E-state index contributed by atoms with van der Waals surface area (Å²) in [7, 11) is 0. The van der Waals surface area contributed by atoms with Crippen molar-refractivity contribution in [1.82, 2.24) is 25.3 Å². The number of urea groups is 1. The number of likely N-dealkylation sites (tertiary alicyclic amines) is 1. The zero-order valence-electron chi connectivity index (χ0n) is 31.1. The molecule has 0 spiro atoms. The molecule has 5 amide bonds. The Morgan fingerprint density at radius 3 is 2.06 bits per heavy atom. The van der Waals surface area contributed by atoms with Crippen molar-refractivity contribution in [3.05, 3.63) is 35.6 Å². The van der Waals surface area contributed by atoms with Crippen molar-refractivity contribution in [3.63, 3.8) is 0 Å². The maximum absolute atomic E-state index is 14.3. The smallest absolute Gasteiger partial charge is 0.410 e. The van der Waals surface area contributed by atoms with E-state index in [1.165, 1.54) is 18.6 Å². The van der Waals surface area contributed by atoms with Crippen LogP contribution in [0.15, 0.2) is 24.3 Å². The highest BCUT2D eigenvalue weighted by atomic mass is 19.1. The Bertz CT molecular complexity index is 1310. The lowest BCUT2D eigenvalue weighted by Gasteiger charge is -2.48. The van der Waals surface area contributed by atoms with Gasteiger partial charge in [-0.3, -0.25) is 9.59 Å². The lowest BCUT2D eigenvalue weighted by Crippen LogP contribution is -2.62. The van der Waals surface area contributed by atoms with Crippen molar-refractivity contribution in [2.24, 2.45) is 17.3 Å². The van der Waals surface area contributed by atoms with Crippen LogP contribution in [0.25, 0.3) is 0 Å². The highest BCUT2D eigenvalue weighted by Crippen LogP contribution is 2.46. The third kappa shape index (κ3) is 10.1. The highest BCUT2D eigenvalue weighted by molar-refractivity contribution is 5.88. The normalized spacial score (nSPS) is 21.3. The van der Waals surface area contributed by atoms with Gasteiger partial charge in [0.15, 0.2) is 0 Å². The second kappa shape index (κ2) is 15.7. The quantitative estimate of drug-likeness (QED) is 0.359. The van der Waals surface area contributed by atoms with Crippen molar-refractivity contribution in [3.8, 4) is 0 Å². The summed E-state index contributed by atoms with van der Waals surface area (Å²) in [6.45, 7) is 17.3. The molecule has 10 nitrogen and oxygen atoms in total. The molecule has 4 rings (SSSR count). The molecule has 2 saturated heterocycles. The first kappa shape index (κ1) is 38.4. The Morgan fingerprint density at radius 2 is 1.51 bits per heavy atom. The van der Waals surface area contributed by atoms with Crippen LogP contribution in [-0.4, -0.2) is 94.6 Å². The van der Waals surface area contributed by atoms with Gasteiger partial charge in [-0.2, -0.15) is 0 Å². The molecule has 1 aromatic rings. The number of nitrogens with zero attached hydrogens (tertiary/aromatic N) is 3. The van der Waals surface area contributed by atoms with Gasteiger partial charge in [0.05, 0.1) is 11.5 Å². The summed E-state index contributed by atoms with van der Waals surface area (Å²) in [6, 6.07) is 4.46. The largest absolute Gasteiger partial charge is 0.444 e. The molecular weight excluding hydrogens is 625 g/mol. The predicted molar refractivity (Wildman–Crippen MR) is 188 cm³/mol. The fraction of sp³-hybridized carbons (Fsp3) is 0.737. The first-order chi connectivity index (χ1) is 22.9. The minimum atomic E-state index is -0.884. The first-order valence-electron chi connectivity index (χ1n) is 18.3. The van der Waals surface area contributed by atoms with Crippen molar-refractivity contribution in [2.75, 3.05) is 32.7 Å². The molecular formula is C38H60FN5O5. The Labute approximate surface area is 292 Å². The number of carbonyl (C=O) groups excluding carboxylic acids is 4. The van der Waals surface area contributed by atoms with E-state index in [1.54, 1.807) is 26.8 Å². The minimum absolute atomic E-state index is 0.0630. The van der Waals surface area contributed by atoms with Crippen LogP contribution < -0.4 is 10.6 Å². The zero-order chi connectivity index (χ0) is 36.1. The number of benzene rings is 1. The van der Waals surface area contributed by atoms with Crippen LogP contribution in [-0.2, 0) is 20.7 Å². The number of halogens is 1. The first-order valence-corrected chi connectivity index (χ1v) is 18.3. The topological polar surface area (TPSA) is 111 Å². The van der Waals surface area contributed by atoms with E-state index in [1.807, 2.05) is 55.4 Å². The SMILES string of the molecule is CC(C)[C@@H]1CN(C(=O)NC(Cc2ccc(F)cc2)C(=O)N2CCC(C(=O)NC(C)(C)C)(C3CCCCC3)CC2)CCN1C(=O)OC(C)(C)C. The average molecular weight is 686 g/mol. The van der Waals surface area contributed by atoms with E-state index in [2.05, 4.69) is 10.6 Å².